The number of carbonyl (C=O) groups excluding carboxylic acids is 1. The molecule has 0 aliphatic carbocycles. The molecule has 0 saturated carbocycles. The molecule has 1 aliphatic heterocycles. The lowest BCUT2D eigenvalue weighted by atomic mass is 9.92. The van der Waals surface area contributed by atoms with Crippen LogP contribution >= 0.6 is 0 Å². The molecular weight excluding hydrogens is 389 g/mol. The lowest BCUT2D eigenvalue weighted by molar-refractivity contribution is -0.134. The highest BCUT2D eigenvalue weighted by molar-refractivity contribution is 5.76. The third-order valence-corrected chi connectivity index (χ3v) is 4.99. The molecule has 1 heterocycles. The van der Waals surface area contributed by atoms with Crippen LogP contribution in [-0.4, -0.2) is 42.6 Å². The smallest absolute Gasteiger partial charge is 0.300 e. The van der Waals surface area contributed by atoms with Gasteiger partial charge in [0.2, 0.25) is 5.91 Å². The number of halogens is 1. The normalized spacial score (nSPS) is 16.2. The van der Waals surface area contributed by atoms with Gasteiger partial charge in [-0.25, -0.2) is 4.39 Å². The highest BCUT2D eigenvalue weighted by atomic mass is 19.1. The van der Waals surface area contributed by atoms with Crippen LogP contribution in [-0.2, 0) is 16.1 Å². The number of likely N-dealkylation sites (tertiary alicyclic amines) is 1. The Bertz CT molecular complexity index is 852. The number of rotatable bonds is 5. The number of carboxylic acids is 1. The Balaban J connectivity index is 0.000000735. The number of methoxy groups -OCH3 is 2. The first-order valence-electron chi connectivity index (χ1n) is 9.78. The number of aliphatic carboxylic acids is 1. The quantitative estimate of drug-likeness (QED) is 0.788. The first-order chi connectivity index (χ1) is 14.3. The molecule has 1 saturated heterocycles. The van der Waals surface area contributed by atoms with Crippen molar-refractivity contribution in [2.45, 2.75) is 38.6 Å². The SMILES string of the molecule is CC(=O)O.COc1cc(F)c(CN2CCC(c3ccccc3)CCC2=O)cc1OC. The maximum absolute atomic E-state index is 14.4. The molecule has 30 heavy (non-hydrogen) atoms. The van der Waals surface area contributed by atoms with Crippen LogP contribution in [0, 0.1) is 5.82 Å². The van der Waals surface area contributed by atoms with Gasteiger partial charge in [0.25, 0.3) is 5.97 Å². The zero-order valence-corrected chi connectivity index (χ0v) is 17.6. The van der Waals surface area contributed by atoms with Crippen molar-refractivity contribution >= 4 is 11.9 Å². The van der Waals surface area contributed by atoms with Crippen LogP contribution < -0.4 is 9.47 Å². The van der Waals surface area contributed by atoms with Gasteiger partial charge in [0.05, 0.1) is 14.2 Å². The van der Waals surface area contributed by atoms with Gasteiger partial charge < -0.3 is 19.5 Å². The summed E-state index contributed by atoms with van der Waals surface area (Å²) in [5, 5.41) is 7.42. The lowest BCUT2D eigenvalue weighted by Crippen LogP contribution is -2.30. The van der Waals surface area contributed by atoms with Crippen molar-refractivity contribution in [2.24, 2.45) is 0 Å². The average molecular weight is 417 g/mol. The minimum absolute atomic E-state index is 0.0672. The van der Waals surface area contributed by atoms with Gasteiger partial charge in [-0.05, 0) is 30.4 Å². The molecule has 2 aromatic rings. The maximum atomic E-state index is 14.4. The predicted molar refractivity (Wildman–Crippen MR) is 111 cm³/mol. The van der Waals surface area contributed by atoms with Crippen molar-refractivity contribution in [3.05, 3.63) is 59.4 Å². The Kier molecular flexibility index (Phi) is 8.65. The Morgan fingerprint density at radius 1 is 1.13 bits per heavy atom. The van der Waals surface area contributed by atoms with E-state index in [9.17, 15) is 9.18 Å². The second kappa shape index (κ2) is 11.2. The highest BCUT2D eigenvalue weighted by Gasteiger charge is 2.24. The van der Waals surface area contributed by atoms with Crippen molar-refractivity contribution in [2.75, 3.05) is 20.8 Å². The van der Waals surface area contributed by atoms with Gasteiger partial charge in [-0.15, -0.1) is 0 Å². The van der Waals surface area contributed by atoms with Crippen molar-refractivity contribution in [3.63, 3.8) is 0 Å². The Hall–Kier alpha value is -3.09. The van der Waals surface area contributed by atoms with Gasteiger partial charge in [-0.2, -0.15) is 0 Å². The molecule has 7 heteroatoms. The fourth-order valence-electron chi connectivity index (χ4n) is 3.49. The summed E-state index contributed by atoms with van der Waals surface area (Å²) in [6.07, 6.45) is 2.19. The van der Waals surface area contributed by atoms with E-state index in [0.29, 0.717) is 35.9 Å². The molecule has 1 N–H and O–H groups in total. The number of carboxylic acid groups (broad SMARTS) is 1. The van der Waals surface area contributed by atoms with E-state index in [1.165, 1.54) is 25.8 Å². The van der Waals surface area contributed by atoms with Crippen LogP contribution in [0.2, 0.25) is 0 Å². The monoisotopic (exact) mass is 417 g/mol. The fraction of sp³-hybridized carbons (Fsp3) is 0.391. The van der Waals surface area contributed by atoms with Gasteiger partial charge in [-0.1, -0.05) is 30.3 Å². The molecule has 1 fully saturated rings. The largest absolute Gasteiger partial charge is 0.493 e. The number of ether oxygens (including phenoxy) is 2. The number of hydrogen-bond acceptors (Lipinski definition) is 4. The van der Waals surface area contributed by atoms with Crippen molar-refractivity contribution < 1.29 is 28.6 Å². The highest BCUT2D eigenvalue weighted by Crippen LogP contribution is 2.32. The second-order valence-electron chi connectivity index (χ2n) is 7.07. The molecule has 0 spiro atoms. The molecule has 1 unspecified atom stereocenters. The summed E-state index contributed by atoms with van der Waals surface area (Å²) >= 11 is 0. The topological polar surface area (TPSA) is 76.1 Å². The Morgan fingerprint density at radius 2 is 1.73 bits per heavy atom. The number of benzene rings is 2. The second-order valence-corrected chi connectivity index (χ2v) is 7.07. The molecule has 1 amide bonds. The van der Waals surface area contributed by atoms with Crippen LogP contribution in [0.3, 0.4) is 0 Å². The van der Waals surface area contributed by atoms with Crippen molar-refractivity contribution in [1.29, 1.82) is 0 Å². The maximum Gasteiger partial charge on any atom is 0.300 e. The van der Waals surface area contributed by atoms with E-state index in [-0.39, 0.29) is 18.3 Å². The van der Waals surface area contributed by atoms with Crippen LogP contribution in [0.5, 0.6) is 11.5 Å². The first kappa shape index (κ1) is 23.2. The predicted octanol–water partition coefficient (Wildman–Crippen LogP) is 4.23. The molecular formula is C23H28FNO5. The number of amides is 1. The van der Waals surface area contributed by atoms with Gasteiger partial charge >= 0.3 is 0 Å². The van der Waals surface area contributed by atoms with E-state index in [1.807, 2.05) is 18.2 Å². The summed E-state index contributed by atoms with van der Waals surface area (Å²) in [4.78, 5) is 23.3. The van der Waals surface area contributed by atoms with Gasteiger partial charge in [-0.3, -0.25) is 9.59 Å². The van der Waals surface area contributed by atoms with Gasteiger partial charge in [0, 0.05) is 38.1 Å². The van der Waals surface area contributed by atoms with Crippen LogP contribution in [0.15, 0.2) is 42.5 Å². The molecule has 2 aromatic carbocycles. The van der Waals surface area contributed by atoms with E-state index in [0.717, 1.165) is 19.8 Å². The fourth-order valence-corrected chi connectivity index (χ4v) is 3.49. The zero-order chi connectivity index (χ0) is 22.1. The minimum atomic E-state index is -0.833. The molecule has 1 atom stereocenters. The number of hydrogen-bond donors (Lipinski definition) is 1. The molecule has 0 aromatic heterocycles. The molecule has 0 bridgehead atoms. The third kappa shape index (κ3) is 6.47. The average Bonchev–Trinajstić information content (AvgIpc) is 2.91. The van der Waals surface area contributed by atoms with Crippen molar-refractivity contribution in [1.82, 2.24) is 4.90 Å². The van der Waals surface area contributed by atoms with Gasteiger partial charge in [0.15, 0.2) is 11.5 Å². The van der Waals surface area contributed by atoms with E-state index in [1.54, 1.807) is 11.0 Å². The molecule has 3 rings (SSSR count). The molecule has 1 aliphatic rings. The summed E-state index contributed by atoms with van der Waals surface area (Å²) in [5.74, 6) is 0.0192. The number of nitrogens with zero attached hydrogens (tertiary/aromatic N) is 1. The van der Waals surface area contributed by atoms with E-state index < -0.39 is 5.97 Å². The molecule has 0 radical (unpaired) electrons. The lowest BCUT2D eigenvalue weighted by Gasteiger charge is -2.22. The third-order valence-electron chi connectivity index (χ3n) is 4.99. The summed E-state index contributed by atoms with van der Waals surface area (Å²) in [5.41, 5.74) is 1.70. The summed E-state index contributed by atoms with van der Waals surface area (Å²) in [7, 11) is 2.99. The van der Waals surface area contributed by atoms with Crippen LogP contribution in [0.25, 0.3) is 0 Å². The summed E-state index contributed by atoms with van der Waals surface area (Å²) < 4.78 is 24.8. The standard InChI is InChI=1S/C21H24FNO3.C2H4O2/c1-25-19-12-17(18(22)13-20(19)26-2)14-23-11-10-16(8-9-21(23)24)15-6-4-3-5-7-15;1-2(3)4/h3-7,12-13,16H,8-11,14H2,1-2H3;1H3,(H,3,4). The van der Waals surface area contributed by atoms with E-state index in [2.05, 4.69) is 12.1 Å². The Morgan fingerprint density at radius 3 is 2.33 bits per heavy atom. The first-order valence-corrected chi connectivity index (χ1v) is 9.78. The molecule has 6 nitrogen and oxygen atoms in total. The van der Waals surface area contributed by atoms with E-state index >= 15 is 0 Å². The minimum Gasteiger partial charge on any atom is -0.493 e. The summed E-state index contributed by atoms with van der Waals surface area (Å²) in [6.45, 7) is 1.94. The zero-order valence-electron chi connectivity index (χ0n) is 17.6. The van der Waals surface area contributed by atoms with Crippen LogP contribution in [0.1, 0.15) is 43.2 Å². The summed E-state index contributed by atoms with van der Waals surface area (Å²) in [6, 6.07) is 13.2. The molecule has 162 valence electrons. The Labute approximate surface area is 176 Å². The van der Waals surface area contributed by atoms with Gasteiger partial charge in [0.1, 0.15) is 5.82 Å². The van der Waals surface area contributed by atoms with E-state index in [4.69, 9.17) is 19.4 Å². The van der Waals surface area contributed by atoms with Crippen LogP contribution in [0.4, 0.5) is 4.39 Å². The number of carbonyl (C=O) groups is 2. The van der Waals surface area contributed by atoms with Crippen molar-refractivity contribution in [3.8, 4) is 11.5 Å².